The Morgan fingerprint density at radius 1 is 1.53 bits per heavy atom. The van der Waals surface area contributed by atoms with E-state index in [1.165, 1.54) is 0 Å². The van der Waals surface area contributed by atoms with Gasteiger partial charge in [0.15, 0.2) is 0 Å². The number of nitrogens with zero attached hydrogens (tertiary/aromatic N) is 1. The molecule has 0 aromatic heterocycles. The summed E-state index contributed by atoms with van der Waals surface area (Å²) in [7, 11) is 0. The maximum Gasteiger partial charge on any atom is 0.239 e. The minimum atomic E-state index is -0.0343. The van der Waals surface area contributed by atoms with Gasteiger partial charge in [-0.1, -0.05) is 6.08 Å². The summed E-state index contributed by atoms with van der Waals surface area (Å²) in [5, 5.41) is 3.26. The molecule has 0 aliphatic carbocycles. The van der Waals surface area contributed by atoms with Crippen LogP contribution in [0.25, 0.3) is 0 Å². The van der Waals surface area contributed by atoms with E-state index in [0.717, 1.165) is 45.3 Å². The lowest BCUT2D eigenvalue weighted by atomic mass is 10.2. The van der Waals surface area contributed by atoms with Gasteiger partial charge >= 0.3 is 0 Å². The molecule has 0 saturated carbocycles. The van der Waals surface area contributed by atoms with Crippen molar-refractivity contribution in [3.63, 3.8) is 0 Å². The molecule has 1 atom stereocenters. The van der Waals surface area contributed by atoms with E-state index in [9.17, 15) is 4.79 Å². The first-order valence-electron chi connectivity index (χ1n) is 5.88. The van der Waals surface area contributed by atoms with Crippen molar-refractivity contribution in [2.75, 3.05) is 19.6 Å². The van der Waals surface area contributed by atoms with Crippen molar-refractivity contribution < 1.29 is 4.79 Å². The van der Waals surface area contributed by atoms with Crippen molar-refractivity contribution in [1.29, 1.82) is 0 Å². The maximum atomic E-state index is 11.9. The molecular weight excluding hydrogens is 188 g/mol. The molecule has 1 aliphatic rings. The Balaban J connectivity index is 2.17. The molecule has 1 N–H and O–H groups in total. The Bertz CT molecular complexity index is 210. The third-order valence-corrected chi connectivity index (χ3v) is 2.82. The lowest BCUT2D eigenvalue weighted by Crippen LogP contribution is -2.43. The zero-order valence-electron chi connectivity index (χ0n) is 9.67. The molecule has 1 fully saturated rings. The van der Waals surface area contributed by atoms with E-state index >= 15 is 0 Å². The van der Waals surface area contributed by atoms with E-state index in [1.54, 1.807) is 0 Å². The lowest BCUT2D eigenvalue weighted by molar-refractivity contribution is -0.131. The van der Waals surface area contributed by atoms with E-state index in [0.29, 0.717) is 0 Å². The number of likely N-dealkylation sites (tertiary alicyclic amines) is 1. The van der Waals surface area contributed by atoms with E-state index < -0.39 is 0 Å². The molecule has 86 valence electrons. The summed E-state index contributed by atoms with van der Waals surface area (Å²) in [6.07, 6.45) is 6.30. The molecule has 0 aromatic rings. The van der Waals surface area contributed by atoms with Crippen LogP contribution >= 0.6 is 0 Å². The summed E-state index contributed by atoms with van der Waals surface area (Å²) < 4.78 is 0. The van der Waals surface area contributed by atoms with Gasteiger partial charge in [-0.3, -0.25) is 4.79 Å². The molecule has 0 radical (unpaired) electrons. The highest BCUT2D eigenvalue weighted by Gasteiger charge is 2.22. The van der Waals surface area contributed by atoms with Crippen molar-refractivity contribution in [3.8, 4) is 0 Å². The number of unbranched alkanes of at least 4 members (excludes halogenated alkanes) is 1. The van der Waals surface area contributed by atoms with Crippen LogP contribution in [0.15, 0.2) is 12.7 Å². The Hall–Kier alpha value is -0.830. The van der Waals surface area contributed by atoms with Crippen LogP contribution in [0.5, 0.6) is 0 Å². The minimum absolute atomic E-state index is 0.0343. The predicted molar refractivity (Wildman–Crippen MR) is 62.7 cm³/mol. The minimum Gasteiger partial charge on any atom is -0.341 e. The fourth-order valence-corrected chi connectivity index (χ4v) is 1.86. The van der Waals surface area contributed by atoms with Gasteiger partial charge < -0.3 is 10.2 Å². The van der Waals surface area contributed by atoms with Crippen LogP contribution in [-0.4, -0.2) is 36.5 Å². The smallest absolute Gasteiger partial charge is 0.239 e. The first kappa shape index (κ1) is 12.2. The van der Waals surface area contributed by atoms with Crippen LogP contribution in [0.2, 0.25) is 0 Å². The van der Waals surface area contributed by atoms with Gasteiger partial charge in [0, 0.05) is 13.1 Å². The topological polar surface area (TPSA) is 32.3 Å². The molecule has 0 bridgehead atoms. The molecule has 1 aliphatic heterocycles. The van der Waals surface area contributed by atoms with Gasteiger partial charge in [-0.05, 0) is 39.2 Å². The summed E-state index contributed by atoms with van der Waals surface area (Å²) in [4.78, 5) is 13.8. The molecule has 1 amide bonds. The molecule has 1 unspecified atom stereocenters. The second-order valence-electron chi connectivity index (χ2n) is 4.14. The molecule has 15 heavy (non-hydrogen) atoms. The maximum absolute atomic E-state index is 11.9. The van der Waals surface area contributed by atoms with Crippen molar-refractivity contribution in [2.24, 2.45) is 0 Å². The molecule has 3 heteroatoms. The summed E-state index contributed by atoms with van der Waals surface area (Å²) in [5.41, 5.74) is 0. The number of hydrogen-bond acceptors (Lipinski definition) is 2. The number of nitrogens with one attached hydrogen (secondary N) is 1. The largest absolute Gasteiger partial charge is 0.341 e. The second-order valence-corrected chi connectivity index (χ2v) is 4.14. The molecule has 0 spiro atoms. The molecule has 1 rings (SSSR count). The fourth-order valence-electron chi connectivity index (χ4n) is 1.86. The van der Waals surface area contributed by atoms with E-state index in [-0.39, 0.29) is 11.9 Å². The number of hydrogen-bond donors (Lipinski definition) is 1. The van der Waals surface area contributed by atoms with E-state index in [1.807, 2.05) is 17.9 Å². The van der Waals surface area contributed by atoms with Gasteiger partial charge in [-0.25, -0.2) is 0 Å². The Labute approximate surface area is 92.5 Å². The van der Waals surface area contributed by atoms with Gasteiger partial charge in [-0.2, -0.15) is 0 Å². The lowest BCUT2D eigenvalue weighted by Gasteiger charge is -2.21. The van der Waals surface area contributed by atoms with Gasteiger partial charge in [0.2, 0.25) is 5.91 Å². The highest BCUT2D eigenvalue weighted by atomic mass is 16.2. The van der Waals surface area contributed by atoms with Crippen molar-refractivity contribution in [2.45, 2.75) is 38.6 Å². The highest BCUT2D eigenvalue weighted by Crippen LogP contribution is 2.08. The van der Waals surface area contributed by atoms with Crippen LogP contribution in [-0.2, 0) is 4.79 Å². The van der Waals surface area contributed by atoms with Crippen molar-refractivity contribution >= 4 is 5.91 Å². The van der Waals surface area contributed by atoms with Crippen LogP contribution in [0.1, 0.15) is 32.6 Å². The Morgan fingerprint density at radius 2 is 2.20 bits per heavy atom. The summed E-state index contributed by atoms with van der Waals surface area (Å²) in [6.45, 7) is 8.41. The average molecular weight is 210 g/mol. The molecular formula is C12H22N2O. The zero-order valence-corrected chi connectivity index (χ0v) is 9.67. The first-order valence-corrected chi connectivity index (χ1v) is 5.88. The normalized spacial score (nSPS) is 17.8. The van der Waals surface area contributed by atoms with E-state index in [4.69, 9.17) is 0 Å². The van der Waals surface area contributed by atoms with Crippen LogP contribution < -0.4 is 5.32 Å². The third-order valence-electron chi connectivity index (χ3n) is 2.82. The third kappa shape index (κ3) is 4.04. The van der Waals surface area contributed by atoms with Crippen molar-refractivity contribution in [3.05, 3.63) is 12.7 Å². The Morgan fingerprint density at radius 3 is 2.80 bits per heavy atom. The highest BCUT2D eigenvalue weighted by molar-refractivity contribution is 5.81. The monoisotopic (exact) mass is 210 g/mol. The summed E-state index contributed by atoms with van der Waals surface area (Å²) >= 11 is 0. The van der Waals surface area contributed by atoms with Gasteiger partial charge in [0.1, 0.15) is 0 Å². The van der Waals surface area contributed by atoms with Gasteiger partial charge in [-0.15, -0.1) is 6.58 Å². The summed E-state index contributed by atoms with van der Waals surface area (Å²) in [6, 6.07) is -0.0343. The van der Waals surface area contributed by atoms with Crippen LogP contribution in [0, 0.1) is 0 Å². The number of allylic oxidation sites excluding steroid dienone is 1. The van der Waals surface area contributed by atoms with E-state index in [2.05, 4.69) is 11.9 Å². The first-order chi connectivity index (χ1) is 7.25. The molecule has 1 saturated heterocycles. The standard InChI is InChI=1S/C12H22N2O/c1-3-4-5-8-13-11(2)12(15)14-9-6-7-10-14/h3,11,13H,1,4-10H2,2H3. The number of carbonyl (C=O) groups excluding carboxylic acids is 1. The fraction of sp³-hybridized carbons (Fsp3) is 0.750. The van der Waals surface area contributed by atoms with Gasteiger partial charge in [0.05, 0.1) is 6.04 Å². The average Bonchev–Trinajstić information content (AvgIpc) is 2.76. The van der Waals surface area contributed by atoms with Crippen LogP contribution in [0.3, 0.4) is 0 Å². The number of rotatable bonds is 6. The number of carbonyl (C=O) groups is 1. The molecule has 3 nitrogen and oxygen atoms in total. The Kier molecular flexibility index (Phi) is 5.40. The van der Waals surface area contributed by atoms with Crippen molar-refractivity contribution in [1.82, 2.24) is 10.2 Å². The molecule has 0 aromatic carbocycles. The van der Waals surface area contributed by atoms with Gasteiger partial charge in [0.25, 0.3) is 0 Å². The second kappa shape index (κ2) is 6.62. The number of amides is 1. The molecule has 1 heterocycles. The summed E-state index contributed by atoms with van der Waals surface area (Å²) in [5.74, 6) is 0.256. The quantitative estimate of drug-likeness (QED) is 0.533. The van der Waals surface area contributed by atoms with Crippen LogP contribution in [0.4, 0.5) is 0 Å². The predicted octanol–water partition coefficient (Wildman–Crippen LogP) is 1.55. The zero-order chi connectivity index (χ0) is 11.1. The SMILES string of the molecule is C=CCCCNC(C)C(=O)N1CCCC1.